The van der Waals surface area contributed by atoms with E-state index >= 15 is 0 Å². The van der Waals surface area contributed by atoms with Crippen molar-refractivity contribution in [2.24, 2.45) is 0 Å². The molecule has 0 bridgehead atoms. The number of nitrogens with one attached hydrogen (secondary N) is 1. The molecule has 3 heterocycles. The van der Waals surface area contributed by atoms with Gasteiger partial charge in [0.05, 0.1) is 52.7 Å². The largest absolute Gasteiger partial charge is 0.478 e. The van der Waals surface area contributed by atoms with E-state index in [9.17, 15) is 27.5 Å². The monoisotopic (exact) mass is 548 g/mol. The van der Waals surface area contributed by atoms with Crippen molar-refractivity contribution in [2.45, 2.75) is 64.6 Å². The van der Waals surface area contributed by atoms with Crippen LogP contribution in [-0.2, 0) is 9.84 Å². The Morgan fingerprint density at radius 3 is 2.53 bits per heavy atom. The number of aliphatic hydroxyl groups is 1. The molecule has 2 N–H and O–H groups in total. The van der Waals surface area contributed by atoms with Gasteiger partial charge in [0.1, 0.15) is 9.84 Å². The number of aromatic nitrogens is 3. The van der Waals surface area contributed by atoms with Gasteiger partial charge in [0.2, 0.25) is 5.88 Å². The number of fused-ring (bicyclic) bond motifs is 1. The third-order valence-electron chi connectivity index (χ3n) is 7.23. The maximum Gasteiger partial charge on any atom is 0.334 e. The van der Waals surface area contributed by atoms with Crippen molar-refractivity contribution in [3.63, 3.8) is 0 Å². The standard InChI is InChI=1S/C26H33FN4O6S/c1-6-37-22-14-20(18(27)15-28-22)31-19-8-7-17(13-21(19)30(24(31)33)16(2)25(3,4)34)23(32)29-26(5)9-11-38(35,36)12-10-26/h7-8,13-16,34H,6,9-12H2,1-5H3,(H,29,32)/t16-/m1/s1. The Kier molecular flexibility index (Phi) is 7.17. The highest BCUT2D eigenvalue weighted by Crippen LogP contribution is 2.29. The summed E-state index contributed by atoms with van der Waals surface area (Å²) in [5.74, 6) is -1.03. The molecule has 1 fully saturated rings. The second-order valence-electron chi connectivity index (χ2n) is 10.6. The van der Waals surface area contributed by atoms with Crippen molar-refractivity contribution >= 4 is 26.8 Å². The highest BCUT2D eigenvalue weighted by molar-refractivity contribution is 7.91. The highest BCUT2D eigenvalue weighted by atomic mass is 32.2. The van der Waals surface area contributed by atoms with Crippen LogP contribution >= 0.6 is 0 Å². The van der Waals surface area contributed by atoms with Crippen molar-refractivity contribution < 1.29 is 27.4 Å². The van der Waals surface area contributed by atoms with Crippen LogP contribution in [0.3, 0.4) is 0 Å². The maximum absolute atomic E-state index is 15.0. The fraction of sp³-hybridized carbons (Fsp3) is 0.500. The first-order valence-electron chi connectivity index (χ1n) is 12.5. The zero-order valence-electron chi connectivity index (χ0n) is 22.1. The predicted molar refractivity (Wildman–Crippen MR) is 141 cm³/mol. The van der Waals surface area contributed by atoms with Gasteiger partial charge in [-0.3, -0.25) is 13.9 Å². The van der Waals surface area contributed by atoms with E-state index in [-0.39, 0.29) is 28.6 Å². The molecular weight excluding hydrogens is 515 g/mol. The molecule has 1 saturated heterocycles. The molecule has 4 rings (SSSR count). The summed E-state index contributed by atoms with van der Waals surface area (Å²) in [4.78, 5) is 30.9. The number of hydrogen-bond donors (Lipinski definition) is 2. The lowest BCUT2D eigenvalue weighted by atomic mass is 9.94. The van der Waals surface area contributed by atoms with E-state index in [4.69, 9.17) is 4.74 Å². The van der Waals surface area contributed by atoms with Crippen LogP contribution in [0.1, 0.15) is 63.9 Å². The van der Waals surface area contributed by atoms with Crippen LogP contribution in [0.5, 0.6) is 5.88 Å². The SMILES string of the molecule is CCOc1cc(-n2c(=O)n([C@H](C)C(C)(C)O)c3cc(C(=O)NC4(C)CCS(=O)(=O)CC4)ccc32)c(F)cn1. The molecule has 1 aliphatic rings. The lowest BCUT2D eigenvalue weighted by Crippen LogP contribution is -2.50. The Morgan fingerprint density at radius 1 is 1.26 bits per heavy atom. The Bertz CT molecular complexity index is 1540. The minimum Gasteiger partial charge on any atom is -0.478 e. The number of ether oxygens (including phenoxy) is 1. The molecule has 12 heteroatoms. The smallest absolute Gasteiger partial charge is 0.334 e. The molecule has 0 unspecified atom stereocenters. The average Bonchev–Trinajstić information content (AvgIpc) is 3.12. The van der Waals surface area contributed by atoms with Crippen LogP contribution in [0.4, 0.5) is 4.39 Å². The first-order valence-corrected chi connectivity index (χ1v) is 14.3. The third kappa shape index (κ3) is 5.32. The first kappa shape index (κ1) is 27.8. The molecule has 0 spiro atoms. The summed E-state index contributed by atoms with van der Waals surface area (Å²) >= 11 is 0. The third-order valence-corrected chi connectivity index (χ3v) is 8.89. The molecule has 0 aliphatic carbocycles. The summed E-state index contributed by atoms with van der Waals surface area (Å²) in [6.07, 6.45) is 1.56. The van der Waals surface area contributed by atoms with Gasteiger partial charge in [0.25, 0.3) is 5.91 Å². The molecule has 38 heavy (non-hydrogen) atoms. The fourth-order valence-electron chi connectivity index (χ4n) is 4.55. The molecule has 1 amide bonds. The summed E-state index contributed by atoms with van der Waals surface area (Å²) in [7, 11) is -3.11. The molecule has 2 aromatic heterocycles. The van der Waals surface area contributed by atoms with E-state index in [1.807, 2.05) is 6.92 Å². The van der Waals surface area contributed by atoms with E-state index < -0.39 is 44.4 Å². The van der Waals surface area contributed by atoms with Crippen LogP contribution < -0.4 is 15.7 Å². The van der Waals surface area contributed by atoms with E-state index in [1.165, 1.54) is 27.3 Å². The summed E-state index contributed by atoms with van der Waals surface area (Å²) in [5, 5.41) is 13.7. The van der Waals surface area contributed by atoms with Gasteiger partial charge in [0.15, 0.2) is 5.82 Å². The molecule has 206 valence electrons. The van der Waals surface area contributed by atoms with Gasteiger partial charge in [-0.25, -0.2) is 22.6 Å². The van der Waals surface area contributed by atoms with Crippen molar-refractivity contribution in [3.8, 4) is 11.6 Å². The molecule has 10 nitrogen and oxygen atoms in total. The number of sulfone groups is 1. The summed E-state index contributed by atoms with van der Waals surface area (Å²) in [5.41, 5.74) is -1.81. The van der Waals surface area contributed by atoms with Crippen LogP contribution in [-0.4, -0.2) is 62.8 Å². The van der Waals surface area contributed by atoms with Gasteiger partial charge in [0, 0.05) is 17.2 Å². The van der Waals surface area contributed by atoms with Gasteiger partial charge in [-0.15, -0.1) is 0 Å². The fourth-order valence-corrected chi connectivity index (χ4v) is 6.28. The van der Waals surface area contributed by atoms with Gasteiger partial charge >= 0.3 is 5.69 Å². The Balaban J connectivity index is 1.85. The highest BCUT2D eigenvalue weighted by Gasteiger charge is 2.35. The van der Waals surface area contributed by atoms with E-state index in [0.717, 1.165) is 6.20 Å². The van der Waals surface area contributed by atoms with E-state index in [0.29, 0.717) is 30.5 Å². The zero-order valence-corrected chi connectivity index (χ0v) is 22.9. The number of pyridine rings is 1. The second kappa shape index (κ2) is 9.81. The number of halogens is 1. The lowest BCUT2D eigenvalue weighted by Gasteiger charge is -2.34. The van der Waals surface area contributed by atoms with Gasteiger partial charge in [-0.2, -0.15) is 0 Å². The van der Waals surface area contributed by atoms with Crippen LogP contribution in [0.15, 0.2) is 35.3 Å². The number of nitrogens with zero attached hydrogens (tertiary/aromatic N) is 3. The van der Waals surface area contributed by atoms with Gasteiger partial charge in [-0.1, -0.05) is 0 Å². The number of carbonyl (C=O) groups is 1. The number of imidazole rings is 1. The minimum atomic E-state index is -3.11. The summed E-state index contributed by atoms with van der Waals surface area (Å²) in [6, 6.07) is 5.19. The normalized spacial score (nSPS) is 17.8. The molecule has 1 atom stereocenters. The average molecular weight is 549 g/mol. The Morgan fingerprint density at radius 2 is 1.92 bits per heavy atom. The molecule has 0 radical (unpaired) electrons. The number of rotatable bonds is 7. The zero-order chi connectivity index (χ0) is 28.0. The van der Waals surface area contributed by atoms with E-state index in [1.54, 1.807) is 33.8 Å². The molecule has 0 saturated carbocycles. The summed E-state index contributed by atoms with van der Waals surface area (Å²) in [6.45, 7) is 8.64. The van der Waals surface area contributed by atoms with Gasteiger partial charge < -0.3 is 15.2 Å². The molecule has 3 aromatic rings. The number of hydrogen-bond acceptors (Lipinski definition) is 7. The van der Waals surface area contributed by atoms with Gasteiger partial charge in [-0.05, 0) is 65.7 Å². The maximum atomic E-state index is 15.0. The summed E-state index contributed by atoms with van der Waals surface area (Å²) < 4.78 is 46.6. The van der Waals surface area contributed by atoms with Crippen molar-refractivity contribution in [3.05, 3.63) is 52.3 Å². The minimum absolute atomic E-state index is 0.00443. The Hall–Kier alpha value is -3.25. The van der Waals surface area contributed by atoms with Crippen molar-refractivity contribution in [1.82, 2.24) is 19.4 Å². The quantitative estimate of drug-likeness (QED) is 0.464. The van der Waals surface area contributed by atoms with Crippen molar-refractivity contribution in [2.75, 3.05) is 18.1 Å². The first-order chi connectivity index (χ1) is 17.7. The number of benzene rings is 1. The molecular formula is C26H33FN4O6S. The van der Waals surface area contributed by atoms with Crippen LogP contribution in [0, 0.1) is 5.82 Å². The topological polar surface area (TPSA) is 133 Å². The predicted octanol–water partition coefficient (Wildman–Crippen LogP) is 2.75. The second-order valence-corrected chi connectivity index (χ2v) is 12.9. The van der Waals surface area contributed by atoms with E-state index in [2.05, 4.69) is 10.3 Å². The number of carbonyl (C=O) groups excluding carboxylic acids is 1. The lowest BCUT2D eigenvalue weighted by molar-refractivity contribution is 0.0307. The van der Waals surface area contributed by atoms with Crippen LogP contribution in [0.25, 0.3) is 16.7 Å². The van der Waals surface area contributed by atoms with Crippen molar-refractivity contribution in [1.29, 1.82) is 0 Å². The molecule has 1 aromatic carbocycles. The number of amides is 1. The Labute approximate surface area is 220 Å². The molecule has 1 aliphatic heterocycles. The van der Waals surface area contributed by atoms with Crippen LogP contribution in [0.2, 0.25) is 0 Å².